The molecule has 66 valence electrons. The zero-order chi connectivity index (χ0) is 8.72. The molecule has 0 radical (unpaired) electrons. The molecule has 2 heteroatoms. The van der Waals surface area contributed by atoms with Crippen molar-refractivity contribution in [3.05, 3.63) is 20.9 Å². The smallest absolute Gasteiger partial charge is 0.0308 e. The van der Waals surface area contributed by atoms with Crippen LogP contribution in [0.25, 0.3) is 0 Å². The van der Waals surface area contributed by atoms with Crippen LogP contribution in [0.1, 0.15) is 39.8 Å². The van der Waals surface area contributed by atoms with E-state index in [1.165, 1.54) is 34.6 Å². The Kier molecular flexibility index (Phi) is 1.97. The maximum atomic E-state index is 6.07. The lowest BCUT2D eigenvalue weighted by molar-refractivity contribution is 0.570. The second kappa shape index (κ2) is 2.86. The van der Waals surface area contributed by atoms with Gasteiger partial charge in [0, 0.05) is 15.8 Å². The maximum Gasteiger partial charge on any atom is 0.0308 e. The molecule has 0 saturated carbocycles. The standard InChI is InChI=1S/C10H15NS/c1-6-8-4-3-5-9(11)10(8)7(2)12-6/h9H,3-5,11H2,1-2H3. The number of hydrogen-bond acceptors (Lipinski definition) is 2. The molecular formula is C10H15NS. The summed E-state index contributed by atoms with van der Waals surface area (Å²) in [5.74, 6) is 0. The fraction of sp³-hybridized carbons (Fsp3) is 0.600. The van der Waals surface area contributed by atoms with E-state index in [9.17, 15) is 0 Å². The molecular weight excluding hydrogens is 166 g/mol. The van der Waals surface area contributed by atoms with E-state index in [1.807, 2.05) is 11.3 Å². The van der Waals surface area contributed by atoms with E-state index in [0.29, 0.717) is 6.04 Å². The van der Waals surface area contributed by atoms with Crippen molar-refractivity contribution in [2.45, 2.75) is 39.2 Å². The van der Waals surface area contributed by atoms with E-state index >= 15 is 0 Å². The Hall–Kier alpha value is -0.340. The highest BCUT2D eigenvalue weighted by Gasteiger charge is 2.22. The van der Waals surface area contributed by atoms with Crippen LogP contribution in [0.3, 0.4) is 0 Å². The van der Waals surface area contributed by atoms with Gasteiger partial charge in [-0.3, -0.25) is 0 Å². The van der Waals surface area contributed by atoms with Gasteiger partial charge in [0.25, 0.3) is 0 Å². The van der Waals surface area contributed by atoms with E-state index < -0.39 is 0 Å². The van der Waals surface area contributed by atoms with Gasteiger partial charge in [0.15, 0.2) is 0 Å². The first-order valence-electron chi connectivity index (χ1n) is 4.54. The Labute approximate surface area is 77.6 Å². The van der Waals surface area contributed by atoms with Crippen LogP contribution < -0.4 is 5.73 Å². The Balaban J connectivity index is 2.55. The van der Waals surface area contributed by atoms with Gasteiger partial charge in [-0.1, -0.05) is 0 Å². The lowest BCUT2D eigenvalue weighted by atomic mass is 9.89. The minimum atomic E-state index is 0.318. The molecule has 2 N–H and O–H groups in total. The molecule has 12 heavy (non-hydrogen) atoms. The lowest BCUT2D eigenvalue weighted by Crippen LogP contribution is -2.16. The molecule has 1 aromatic heterocycles. The van der Waals surface area contributed by atoms with Crippen LogP contribution in [0.5, 0.6) is 0 Å². The predicted octanol–water partition coefficient (Wildman–Crippen LogP) is 2.70. The lowest BCUT2D eigenvalue weighted by Gasteiger charge is -2.20. The minimum absolute atomic E-state index is 0.318. The molecule has 0 bridgehead atoms. The molecule has 1 atom stereocenters. The Morgan fingerprint density at radius 3 is 2.75 bits per heavy atom. The number of hydrogen-bond donors (Lipinski definition) is 1. The van der Waals surface area contributed by atoms with Crippen molar-refractivity contribution in [2.24, 2.45) is 5.73 Å². The van der Waals surface area contributed by atoms with Crippen LogP contribution in [0.15, 0.2) is 0 Å². The number of rotatable bonds is 0. The average Bonchev–Trinajstić information content (AvgIpc) is 2.29. The minimum Gasteiger partial charge on any atom is -0.324 e. The summed E-state index contributed by atoms with van der Waals surface area (Å²) in [6.45, 7) is 4.41. The third-order valence-corrected chi connectivity index (χ3v) is 3.83. The molecule has 1 nitrogen and oxygen atoms in total. The van der Waals surface area contributed by atoms with Gasteiger partial charge in [0.05, 0.1) is 0 Å². The predicted molar refractivity (Wildman–Crippen MR) is 53.7 cm³/mol. The highest BCUT2D eigenvalue weighted by molar-refractivity contribution is 7.12. The molecule has 1 aliphatic carbocycles. The summed E-state index contributed by atoms with van der Waals surface area (Å²) >= 11 is 1.91. The van der Waals surface area contributed by atoms with Gasteiger partial charge in [0.2, 0.25) is 0 Å². The first-order valence-corrected chi connectivity index (χ1v) is 5.36. The van der Waals surface area contributed by atoms with E-state index in [0.717, 1.165) is 0 Å². The van der Waals surface area contributed by atoms with Gasteiger partial charge in [-0.15, -0.1) is 11.3 Å². The van der Waals surface area contributed by atoms with E-state index in [1.54, 1.807) is 5.56 Å². The van der Waals surface area contributed by atoms with Crippen molar-refractivity contribution in [1.29, 1.82) is 0 Å². The zero-order valence-corrected chi connectivity index (χ0v) is 8.50. The SMILES string of the molecule is Cc1sc(C)c2c1CCCC2N. The van der Waals surface area contributed by atoms with Crippen LogP contribution in [-0.4, -0.2) is 0 Å². The van der Waals surface area contributed by atoms with Crippen LogP contribution in [0, 0.1) is 13.8 Å². The highest BCUT2D eigenvalue weighted by Crippen LogP contribution is 2.37. The van der Waals surface area contributed by atoms with Crippen molar-refractivity contribution in [1.82, 2.24) is 0 Å². The third-order valence-electron chi connectivity index (χ3n) is 2.75. The fourth-order valence-corrected chi connectivity index (χ4v) is 3.37. The van der Waals surface area contributed by atoms with E-state index in [2.05, 4.69) is 13.8 Å². The molecule has 0 aliphatic heterocycles. The summed E-state index contributed by atoms with van der Waals surface area (Å²) in [5, 5.41) is 0. The summed E-state index contributed by atoms with van der Waals surface area (Å²) in [5.41, 5.74) is 9.08. The summed E-state index contributed by atoms with van der Waals surface area (Å²) in [6, 6.07) is 0.318. The van der Waals surface area contributed by atoms with Crippen molar-refractivity contribution < 1.29 is 0 Å². The quantitative estimate of drug-likeness (QED) is 0.654. The average molecular weight is 181 g/mol. The fourth-order valence-electron chi connectivity index (χ4n) is 2.19. The second-order valence-electron chi connectivity index (χ2n) is 3.61. The normalized spacial score (nSPS) is 22.4. The molecule has 0 fully saturated rings. The van der Waals surface area contributed by atoms with Crippen LogP contribution >= 0.6 is 11.3 Å². The Morgan fingerprint density at radius 2 is 2.08 bits per heavy atom. The van der Waals surface area contributed by atoms with Gasteiger partial charge in [-0.25, -0.2) is 0 Å². The molecule has 2 rings (SSSR count). The van der Waals surface area contributed by atoms with Gasteiger partial charge in [0.1, 0.15) is 0 Å². The highest BCUT2D eigenvalue weighted by atomic mass is 32.1. The molecule has 0 amide bonds. The van der Waals surface area contributed by atoms with Crippen LogP contribution in [0.2, 0.25) is 0 Å². The molecule has 0 saturated heterocycles. The number of nitrogens with two attached hydrogens (primary N) is 1. The first-order chi connectivity index (χ1) is 5.70. The number of aryl methyl sites for hydroxylation is 2. The van der Waals surface area contributed by atoms with Crippen molar-refractivity contribution in [3.63, 3.8) is 0 Å². The molecule has 0 aromatic carbocycles. The first kappa shape index (κ1) is 8.27. The van der Waals surface area contributed by atoms with Crippen LogP contribution in [-0.2, 0) is 6.42 Å². The molecule has 1 aliphatic rings. The zero-order valence-electron chi connectivity index (χ0n) is 7.68. The topological polar surface area (TPSA) is 26.0 Å². The van der Waals surface area contributed by atoms with Gasteiger partial charge in [-0.2, -0.15) is 0 Å². The number of thiophene rings is 1. The van der Waals surface area contributed by atoms with Crippen molar-refractivity contribution >= 4 is 11.3 Å². The molecule has 1 heterocycles. The second-order valence-corrected chi connectivity index (χ2v) is 5.03. The monoisotopic (exact) mass is 181 g/mol. The van der Waals surface area contributed by atoms with E-state index in [-0.39, 0.29) is 0 Å². The largest absolute Gasteiger partial charge is 0.324 e. The Morgan fingerprint density at radius 1 is 1.33 bits per heavy atom. The summed E-state index contributed by atoms with van der Waals surface area (Å²) in [6.07, 6.45) is 3.69. The van der Waals surface area contributed by atoms with Crippen LogP contribution in [0.4, 0.5) is 0 Å². The van der Waals surface area contributed by atoms with Gasteiger partial charge in [-0.05, 0) is 44.2 Å². The molecule has 0 spiro atoms. The maximum absolute atomic E-state index is 6.07. The van der Waals surface area contributed by atoms with Crippen molar-refractivity contribution in [3.8, 4) is 0 Å². The summed E-state index contributed by atoms with van der Waals surface area (Å²) in [4.78, 5) is 2.92. The number of fused-ring (bicyclic) bond motifs is 1. The van der Waals surface area contributed by atoms with E-state index in [4.69, 9.17) is 5.73 Å². The van der Waals surface area contributed by atoms with Gasteiger partial charge < -0.3 is 5.73 Å². The Bertz CT molecular complexity index is 301. The summed E-state index contributed by atoms with van der Waals surface area (Å²) < 4.78 is 0. The third kappa shape index (κ3) is 1.10. The molecule has 1 unspecified atom stereocenters. The van der Waals surface area contributed by atoms with Gasteiger partial charge >= 0.3 is 0 Å². The summed E-state index contributed by atoms with van der Waals surface area (Å²) in [7, 11) is 0. The van der Waals surface area contributed by atoms with Crippen molar-refractivity contribution in [2.75, 3.05) is 0 Å². The molecule has 1 aromatic rings.